The number of thiophene rings is 1. The molecule has 154 valence electrons. The van der Waals surface area contributed by atoms with Crippen molar-refractivity contribution in [2.45, 2.75) is 33.1 Å². The van der Waals surface area contributed by atoms with Gasteiger partial charge in [0.25, 0.3) is 0 Å². The van der Waals surface area contributed by atoms with E-state index in [9.17, 15) is 0 Å². The van der Waals surface area contributed by atoms with E-state index < -0.39 is 0 Å². The molecule has 0 aliphatic carbocycles. The minimum Gasteiger partial charge on any atom is -0.463 e. The van der Waals surface area contributed by atoms with Gasteiger partial charge in [0.05, 0.1) is 16.8 Å². The Bertz CT molecular complexity index is 1450. The average molecular weight is 424 g/mol. The molecule has 5 aromatic rings. The highest BCUT2D eigenvalue weighted by atomic mass is 32.1. The van der Waals surface area contributed by atoms with Crippen molar-refractivity contribution in [3.63, 3.8) is 0 Å². The normalized spacial score (nSPS) is 12.0. The highest BCUT2D eigenvalue weighted by molar-refractivity contribution is 7.22. The van der Waals surface area contributed by atoms with Crippen molar-refractivity contribution in [1.29, 1.82) is 0 Å². The first kappa shape index (κ1) is 19.8. The molecule has 0 unspecified atom stereocenters. The lowest BCUT2D eigenvalue weighted by Crippen LogP contribution is -2.12. The molecule has 0 radical (unpaired) electrons. The molecular formula is C28H25NOS. The first-order chi connectivity index (χ1) is 14.9. The van der Waals surface area contributed by atoms with Gasteiger partial charge in [0, 0.05) is 27.4 Å². The summed E-state index contributed by atoms with van der Waals surface area (Å²) in [6.07, 6.45) is 5.64. The first-order valence-electron chi connectivity index (χ1n) is 10.5. The maximum absolute atomic E-state index is 5.83. The van der Waals surface area contributed by atoms with Crippen LogP contribution in [0.3, 0.4) is 0 Å². The van der Waals surface area contributed by atoms with Crippen LogP contribution >= 0.6 is 11.3 Å². The van der Waals surface area contributed by atoms with Gasteiger partial charge in [0.15, 0.2) is 0 Å². The van der Waals surface area contributed by atoms with Crippen LogP contribution in [-0.2, 0) is 5.41 Å². The fraction of sp³-hybridized carbons (Fsp3) is 0.179. The van der Waals surface area contributed by atoms with Gasteiger partial charge in [-0.2, -0.15) is 0 Å². The summed E-state index contributed by atoms with van der Waals surface area (Å²) in [7, 11) is 0. The summed E-state index contributed by atoms with van der Waals surface area (Å²) >= 11 is 1.73. The Hall–Kier alpha value is -3.17. The number of pyridine rings is 1. The number of aryl methyl sites for hydroxylation is 1. The molecule has 0 spiro atoms. The summed E-state index contributed by atoms with van der Waals surface area (Å²) in [5.74, 6) is 0.883. The van der Waals surface area contributed by atoms with Crippen LogP contribution in [0.25, 0.3) is 48.8 Å². The molecule has 5 rings (SSSR count). The number of aromatic nitrogens is 1. The monoisotopic (exact) mass is 423 g/mol. The SMILES string of the molecule is C=Cc1c(-c2cc(C)co2)sc2ccnc(-c3cc(C(C)(C)C)c4ccccc4c3)c12. The van der Waals surface area contributed by atoms with Gasteiger partial charge >= 0.3 is 0 Å². The average Bonchev–Trinajstić information content (AvgIpc) is 3.35. The summed E-state index contributed by atoms with van der Waals surface area (Å²) in [4.78, 5) is 5.96. The van der Waals surface area contributed by atoms with Gasteiger partial charge < -0.3 is 4.42 Å². The van der Waals surface area contributed by atoms with Crippen LogP contribution in [0, 0.1) is 6.92 Å². The first-order valence-corrected chi connectivity index (χ1v) is 11.3. The minimum absolute atomic E-state index is 0.0241. The molecule has 0 saturated carbocycles. The number of rotatable bonds is 3. The molecule has 0 aliphatic heterocycles. The predicted molar refractivity (Wildman–Crippen MR) is 134 cm³/mol. The van der Waals surface area contributed by atoms with Crippen LogP contribution in [0.2, 0.25) is 0 Å². The van der Waals surface area contributed by atoms with Gasteiger partial charge in [0.2, 0.25) is 0 Å². The van der Waals surface area contributed by atoms with Gasteiger partial charge in [-0.05, 0) is 58.5 Å². The van der Waals surface area contributed by atoms with Crippen molar-refractivity contribution in [2.24, 2.45) is 0 Å². The Morgan fingerprint density at radius 3 is 2.58 bits per heavy atom. The van der Waals surface area contributed by atoms with Crippen LogP contribution in [0.1, 0.15) is 37.5 Å². The molecule has 0 aliphatic rings. The molecule has 3 heteroatoms. The fourth-order valence-electron chi connectivity index (χ4n) is 4.28. The molecule has 31 heavy (non-hydrogen) atoms. The highest BCUT2D eigenvalue weighted by Crippen LogP contribution is 2.44. The molecule has 2 aromatic carbocycles. The quantitative estimate of drug-likeness (QED) is 0.290. The smallest absolute Gasteiger partial charge is 0.144 e. The van der Waals surface area contributed by atoms with Gasteiger partial charge in [-0.1, -0.05) is 57.7 Å². The molecule has 0 amide bonds. The molecular weight excluding hydrogens is 398 g/mol. The maximum Gasteiger partial charge on any atom is 0.144 e. The third-order valence-electron chi connectivity index (χ3n) is 5.74. The third-order valence-corrected chi connectivity index (χ3v) is 6.93. The van der Waals surface area contributed by atoms with E-state index in [1.165, 1.54) is 21.0 Å². The Kier molecular flexibility index (Phi) is 4.60. The summed E-state index contributed by atoms with van der Waals surface area (Å²) in [6, 6.07) is 17.4. The molecule has 0 N–H and O–H groups in total. The number of hydrogen-bond acceptors (Lipinski definition) is 3. The van der Waals surface area contributed by atoms with E-state index in [4.69, 9.17) is 9.40 Å². The zero-order valence-corrected chi connectivity index (χ0v) is 19.1. The number of hydrogen-bond donors (Lipinski definition) is 0. The molecule has 0 bridgehead atoms. The standard InChI is InChI=1S/C28H25NOS/c1-6-20-25-24(31-27(20)23-13-17(2)16-30-23)11-12-29-26(25)19-14-18-9-7-8-10-21(18)22(15-19)28(3,4)5/h6-16H,1H2,2-5H3. The van der Waals surface area contributed by atoms with Crippen LogP contribution in [-0.4, -0.2) is 4.98 Å². The summed E-state index contributed by atoms with van der Waals surface area (Å²) in [5, 5.41) is 3.68. The van der Waals surface area contributed by atoms with E-state index in [0.717, 1.165) is 38.4 Å². The third kappa shape index (κ3) is 3.30. The van der Waals surface area contributed by atoms with Crippen molar-refractivity contribution >= 4 is 38.3 Å². The molecule has 3 aromatic heterocycles. The zero-order valence-electron chi connectivity index (χ0n) is 18.3. The Morgan fingerprint density at radius 2 is 1.87 bits per heavy atom. The zero-order chi connectivity index (χ0) is 21.8. The summed E-state index contributed by atoms with van der Waals surface area (Å²) in [5.41, 5.74) is 5.69. The van der Waals surface area contributed by atoms with Crippen molar-refractivity contribution in [2.75, 3.05) is 0 Å². The largest absolute Gasteiger partial charge is 0.463 e. The predicted octanol–water partition coefficient (Wildman–Crippen LogP) is 8.63. The highest BCUT2D eigenvalue weighted by Gasteiger charge is 2.22. The van der Waals surface area contributed by atoms with E-state index in [-0.39, 0.29) is 5.41 Å². The second-order valence-electron chi connectivity index (χ2n) is 9.06. The van der Waals surface area contributed by atoms with Crippen LogP contribution < -0.4 is 0 Å². The second-order valence-corrected chi connectivity index (χ2v) is 10.1. The second kappa shape index (κ2) is 7.21. The topological polar surface area (TPSA) is 26.0 Å². The summed E-state index contributed by atoms with van der Waals surface area (Å²) in [6.45, 7) is 13.0. The van der Waals surface area contributed by atoms with Crippen molar-refractivity contribution in [1.82, 2.24) is 4.98 Å². The van der Waals surface area contributed by atoms with Crippen LogP contribution in [0.5, 0.6) is 0 Å². The number of nitrogens with zero attached hydrogens (tertiary/aromatic N) is 1. The van der Waals surface area contributed by atoms with Crippen LogP contribution in [0.15, 0.2) is 72.0 Å². The van der Waals surface area contributed by atoms with E-state index >= 15 is 0 Å². The Balaban J connectivity index is 1.83. The van der Waals surface area contributed by atoms with E-state index in [2.05, 4.69) is 75.9 Å². The Labute approximate surface area is 186 Å². The van der Waals surface area contributed by atoms with Gasteiger partial charge in [-0.25, -0.2) is 0 Å². The van der Waals surface area contributed by atoms with E-state index in [0.29, 0.717) is 0 Å². The number of benzene rings is 2. The lowest BCUT2D eigenvalue weighted by atomic mass is 9.82. The van der Waals surface area contributed by atoms with Crippen molar-refractivity contribution in [3.05, 3.63) is 84.3 Å². The maximum atomic E-state index is 5.83. The van der Waals surface area contributed by atoms with E-state index in [1.54, 1.807) is 17.6 Å². The van der Waals surface area contributed by atoms with Crippen molar-refractivity contribution < 1.29 is 4.42 Å². The van der Waals surface area contributed by atoms with Gasteiger partial charge in [0.1, 0.15) is 5.76 Å². The molecule has 3 heterocycles. The molecule has 0 atom stereocenters. The lowest BCUT2D eigenvalue weighted by molar-refractivity contribution is 0.581. The Morgan fingerprint density at radius 1 is 1.06 bits per heavy atom. The van der Waals surface area contributed by atoms with Crippen LogP contribution in [0.4, 0.5) is 0 Å². The number of furan rings is 1. The molecule has 0 fully saturated rings. The summed E-state index contributed by atoms with van der Waals surface area (Å²) < 4.78 is 7.02. The lowest BCUT2D eigenvalue weighted by Gasteiger charge is -2.23. The minimum atomic E-state index is 0.0241. The van der Waals surface area contributed by atoms with Crippen molar-refractivity contribution in [3.8, 4) is 21.9 Å². The fourth-order valence-corrected chi connectivity index (χ4v) is 5.44. The molecule has 2 nitrogen and oxygen atoms in total. The number of fused-ring (bicyclic) bond motifs is 2. The van der Waals surface area contributed by atoms with Gasteiger partial charge in [-0.15, -0.1) is 11.3 Å². The van der Waals surface area contributed by atoms with Gasteiger partial charge in [-0.3, -0.25) is 4.98 Å². The van der Waals surface area contributed by atoms with E-state index in [1.807, 2.05) is 19.2 Å². The molecule has 0 saturated heterocycles.